The molecule has 0 saturated heterocycles. The molecular weight excluding hydrogens is 310 g/mol. The predicted octanol–water partition coefficient (Wildman–Crippen LogP) is 2.86. The van der Waals surface area contributed by atoms with Crippen LogP contribution in [0.5, 0.6) is 5.75 Å². The lowest BCUT2D eigenvalue weighted by atomic mass is 10.1. The Kier molecular flexibility index (Phi) is 5.92. The first-order valence-corrected chi connectivity index (χ1v) is 7.34. The van der Waals surface area contributed by atoms with Gasteiger partial charge in [0.2, 0.25) is 5.91 Å². The summed E-state index contributed by atoms with van der Waals surface area (Å²) in [6, 6.07) is 12.0. The second kappa shape index (κ2) is 8.12. The monoisotopic (exact) mass is 329 g/mol. The molecule has 2 aromatic rings. The van der Waals surface area contributed by atoms with Crippen LogP contribution in [-0.4, -0.2) is 30.7 Å². The Balaban J connectivity index is 1.85. The highest BCUT2D eigenvalue weighted by molar-refractivity contribution is 5.94. The highest BCUT2D eigenvalue weighted by atomic mass is 16.5. The van der Waals surface area contributed by atoms with Crippen LogP contribution in [0.15, 0.2) is 42.5 Å². The summed E-state index contributed by atoms with van der Waals surface area (Å²) in [7, 11) is 1.59. The molecule has 0 aliphatic rings. The summed E-state index contributed by atoms with van der Waals surface area (Å²) in [6.45, 7) is 1.87. The van der Waals surface area contributed by atoms with Crippen molar-refractivity contribution in [3.05, 3.63) is 59.2 Å². The number of benzene rings is 2. The van der Waals surface area contributed by atoms with Crippen LogP contribution in [0.2, 0.25) is 0 Å². The Bertz CT molecular complexity index is 742. The molecule has 0 atom stereocenters. The zero-order valence-corrected chi connectivity index (χ0v) is 13.5. The molecule has 0 bridgehead atoms. The van der Waals surface area contributed by atoms with Gasteiger partial charge in [0.15, 0.2) is 0 Å². The number of anilines is 1. The number of aryl methyl sites for hydroxylation is 1. The number of carboxylic acids is 1. The second-order valence-corrected chi connectivity index (χ2v) is 5.23. The number of rotatable bonds is 7. The van der Waals surface area contributed by atoms with Crippen LogP contribution in [-0.2, 0) is 16.1 Å². The highest BCUT2D eigenvalue weighted by Gasteiger charge is 2.09. The lowest BCUT2D eigenvalue weighted by molar-refractivity contribution is -0.121. The summed E-state index contributed by atoms with van der Waals surface area (Å²) in [6.07, 6.45) is 0. The van der Waals surface area contributed by atoms with E-state index in [1.54, 1.807) is 26.2 Å². The van der Waals surface area contributed by atoms with Crippen molar-refractivity contribution in [2.24, 2.45) is 0 Å². The van der Waals surface area contributed by atoms with Gasteiger partial charge in [-0.2, -0.15) is 0 Å². The average Bonchev–Trinajstić information content (AvgIpc) is 2.54. The van der Waals surface area contributed by atoms with Crippen molar-refractivity contribution in [2.75, 3.05) is 19.0 Å². The molecule has 0 aromatic heterocycles. The molecule has 0 spiro atoms. The number of ether oxygens (including phenoxy) is 2. The third-order valence-electron chi connectivity index (χ3n) is 3.38. The summed E-state index contributed by atoms with van der Waals surface area (Å²) in [4.78, 5) is 22.8. The molecule has 0 heterocycles. The number of amides is 1. The summed E-state index contributed by atoms with van der Waals surface area (Å²) < 4.78 is 10.5. The minimum atomic E-state index is -0.994. The zero-order valence-electron chi connectivity index (χ0n) is 13.5. The molecule has 2 aromatic carbocycles. The number of hydrogen-bond acceptors (Lipinski definition) is 4. The van der Waals surface area contributed by atoms with E-state index < -0.39 is 5.97 Å². The standard InChI is InChI=1S/C18H19NO5/c1-12-8-14(6-7-16(12)18(21)22)19-17(20)11-24-10-13-4-3-5-15(9-13)23-2/h3-9H,10-11H2,1-2H3,(H,19,20)(H,21,22). The molecule has 126 valence electrons. The van der Waals surface area contributed by atoms with Crippen molar-refractivity contribution in [1.29, 1.82) is 0 Å². The Hall–Kier alpha value is -2.86. The molecule has 0 fully saturated rings. The van der Waals surface area contributed by atoms with Gasteiger partial charge in [-0.15, -0.1) is 0 Å². The smallest absolute Gasteiger partial charge is 0.335 e. The van der Waals surface area contributed by atoms with Crippen LogP contribution >= 0.6 is 0 Å². The third kappa shape index (κ3) is 4.82. The van der Waals surface area contributed by atoms with Crippen molar-refractivity contribution >= 4 is 17.6 Å². The molecule has 2 rings (SSSR count). The summed E-state index contributed by atoms with van der Waals surface area (Å²) in [5, 5.41) is 11.7. The van der Waals surface area contributed by atoms with E-state index in [0.29, 0.717) is 17.9 Å². The van der Waals surface area contributed by atoms with Gasteiger partial charge in [0.25, 0.3) is 0 Å². The Morgan fingerprint density at radius 2 is 1.96 bits per heavy atom. The van der Waals surface area contributed by atoms with Gasteiger partial charge >= 0.3 is 5.97 Å². The Morgan fingerprint density at radius 3 is 2.62 bits per heavy atom. The normalized spacial score (nSPS) is 10.2. The summed E-state index contributed by atoms with van der Waals surface area (Å²) in [5.41, 5.74) is 2.23. The maximum Gasteiger partial charge on any atom is 0.335 e. The lowest BCUT2D eigenvalue weighted by Crippen LogP contribution is -2.18. The van der Waals surface area contributed by atoms with Gasteiger partial charge < -0.3 is 19.9 Å². The number of carbonyl (C=O) groups is 2. The van der Waals surface area contributed by atoms with Crippen molar-refractivity contribution in [1.82, 2.24) is 0 Å². The molecule has 6 heteroatoms. The topological polar surface area (TPSA) is 84.9 Å². The van der Waals surface area contributed by atoms with Crippen molar-refractivity contribution in [3.8, 4) is 5.75 Å². The fourth-order valence-corrected chi connectivity index (χ4v) is 2.20. The molecule has 24 heavy (non-hydrogen) atoms. The van der Waals surface area contributed by atoms with Crippen molar-refractivity contribution in [3.63, 3.8) is 0 Å². The molecule has 0 saturated carbocycles. The lowest BCUT2D eigenvalue weighted by Gasteiger charge is -2.09. The van der Waals surface area contributed by atoms with E-state index in [4.69, 9.17) is 14.6 Å². The Labute approximate surface area is 140 Å². The van der Waals surface area contributed by atoms with Gasteiger partial charge in [0.1, 0.15) is 12.4 Å². The van der Waals surface area contributed by atoms with Crippen molar-refractivity contribution in [2.45, 2.75) is 13.5 Å². The molecule has 2 N–H and O–H groups in total. The van der Waals surface area contributed by atoms with Gasteiger partial charge in [-0.25, -0.2) is 4.79 Å². The van der Waals surface area contributed by atoms with Gasteiger partial charge in [0, 0.05) is 5.69 Å². The van der Waals surface area contributed by atoms with Crippen LogP contribution in [0, 0.1) is 6.92 Å². The van der Waals surface area contributed by atoms with Crippen LogP contribution in [0.3, 0.4) is 0 Å². The maximum absolute atomic E-state index is 11.9. The highest BCUT2D eigenvalue weighted by Crippen LogP contribution is 2.16. The van der Waals surface area contributed by atoms with E-state index in [1.807, 2.05) is 24.3 Å². The molecule has 0 aliphatic carbocycles. The first kappa shape index (κ1) is 17.5. The van der Waals surface area contributed by atoms with Gasteiger partial charge in [0.05, 0.1) is 19.3 Å². The minimum absolute atomic E-state index is 0.100. The van der Waals surface area contributed by atoms with Crippen LogP contribution in [0.1, 0.15) is 21.5 Å². The molecule has 6 nitrogen and oxygen atoms in total. The minimum Gasteiger partial charge on any atom is -0.497 e. The molecule has 0 radical (unpaired) electrons. The number of carbonyl (C=O) groups excluding carboxylic acids is 1. The number of hydrogen-bond donors (Lipinski definition) is 2. The SMILES string of the molecule is COc1cccc(COCC(=O)Nc2ccc(C(=O)O)c(C)c2)c1. The zero-order chi connectivity index (χ0) is 17.5. The Morgan fingerprint density at radius 1 is 1.17 bits per heavy atom. The van der Waals surface area contributed by atoms with E-state index in [2.05, 4.69) is 5.32 Å². The third-order valence-corrected chi connectivity index (χ3v) is 3.38. The first-order valence-electron chi connectivity index (χ1n) is 7.34. The molecule has 0 unspecified atom stereocenters. The summed E-state index contributed by atoms with van der Waals surface area (Å²) in [5.74, 6) is -0.568. The quantitative estimate of drug-likeness (QED) is 0.816. The van der Waals surface area contributed by atoms with E-state index in [-0.39, 0.29) is 18.1 Å². The van der Waals surface area contributed by atoms with E-state index in [1.165, 1.54) is 6.07 Å². The van der Waals surface area contributed by atoms with Gasteiger partial charge in [-0.1, -0.05) is 12.1 Å². The van der Waals surface area contributed by atoms with Crippen LogP contribution < -0.4 is 10.1 Å². The van der Waals surface area contributed by atoms with E-state index in [0.717, 1.165) is 11.3 Å². The van der Waals surface area contributed by atoms with Gasteiger partial charge in [-0.05, 0) is 48.4 Å². The van der Waals surface area contributed by atoms with E-state index >= 15 is 0 Å². The summed E-state index contributed by atoms with van der Waals surface area (Å²) >= 11 is 0. The van der Waals surface area contributed by atoms with Crippen LogP contribution in [0.4, 0.5) is 5.69 Å². The largest absolute Gasteiger partial charge is 0.497 e. The second-order valence-electron chi connectivity index (χ2n) is 5.23. The van der Waals surface area contributed by atoms with Gasteiger partial charge in [-0.3, -0.25) is 4.79 Å². The number of methoxy groups -OCH3 is 1. The maximum atomic E-state index is 11.9. The molecule has 1 amide bonds. The fourth-order valence-electron chi connectivity index (χ4n) is 2.20. The number of carboxylic acid groups (broad SMARTS) is 1. The predicted molar refractivity (Wildman–Crippen MR) is 89.4 cm³/mol. The van der Waals surface area contributed by atoms with Crippen molar-refractivity contribution < 1.29 is 24.2 Å². The first-order chi connectivity index (χ1) is 11.5. The number of nitrogens with one attached hydrogen (secondary N) is 1. The van der Waals surface area contributed by atoms with E-state index in [9.17, 15) is 9.59 Å². The average molecular weight is 329 g/mol. The number of aromatic carboxylic acids is 1. The molecule has 0 aliphatic heterocycles. The van der Waals surface area contributed by atoms with Crippen LogP contribution in [0.25, 0.3) is 0 Å². The fraction of sp³-hybridized carbons (Fsp3) is 0.222. The molecular formula is C18H19NO5.